The normalized spacial score (nSPS) is 41.6. The summed E-state index contributed by atoms with van der Waals surface area (Å²) in [6, 6.07) is 0. The van der Waals surface area contributed by atoms with E-state index >= 15 is 0 Å². The molecule has 0 unspecified atom stereocenters. The van der Waals surface area contributed by atoms with Crippen LogP contribution < -0.4 is 0 Å². The van der Waals surface area contributed by atoms with Gasteiger partial charge in [-0.05, 0) is 20.3 Å². The average Bonchev–Trinajstić information content (AvgIpc) is 2.54. The number of carbonyl (C=O) groups is 1. The molecule has 0 N–H and O–H groups in total. The minimum Gasteiger partial charge on any atom is -0.458 e. The van der Waals surface area contributed by atoms with Crippen molar-refractivity contribution >= 4 is 5.97 Å². The quantitative estimate of drug-likeness (QED) is 0.658. The lowest BCUT2D eigenvalue weighted by Gasteiger charge is -2.35. The Labute approximate surface area is 95.0 Å². The number of esters is 1. The van der Waals surface area contributed by atoms with Gasteiger partial charge in [-0.25, -0.2) is 4.79 Å². The van der Waals surface area contributed by atoms with E-state index in [9.17, 15) is 4.79 Å². The molecule has 2 fully saturated rings. The summed E-state index contributed by atoms with van der Waals surface area (Å²) < 4.78 is 21.9. The first kappa shape index (κ1) is 11.8. The van der Waals surface area contributed by atoms with Crippen molar-refractivity contribution in [2.45, 2.75) is 57.4 Å². The van der Waals surface area contributed by atoms with Gasteiger partial charge in [-0.3, -0.25) is 0 Å². The number of rotatable bonds is 2. The van der Waals surface area contributed by atoms with Gasteiger partial charge in [0.15, 0.2) is 11.9 Å². The number of hydrogen-bond donors (Lipinski definition) is 0. The van der Waals surface area contributed by atoms with Gasteiger partial charge >= 0.3 is 5.97 Å². The molecule has 2 heterocycles. The fourth-order valence-corrected chi connectivity index (χ4v) is 2.31. The third kappa shape index (κ3) is 1.83. The maximum atomic E-state index is 11.7. The molecule has 0 bridgehead atoms. The number of hydrogen-bond acceptors (Lipinski definition) is 5. The van der Waals surface area contributed by atoms with Crippen molar-refractivity contribution in [1.82, 2.24) is 0 Å². The Morgan fingerprint density at radius 3 is 2.62 bits per heavy atom. The highest BCUT2D eigenvalue weighted by atomic mass is 16.8. The summed E-state index contributed by atoms with van der Waals surface area (Å²) in [5.41, 5.74) is 0. The van der Waals surface area contributed by atoms with Crippen LogP contribution in [-0.2, 0) is 23.7 Å². The zero-order valence-electron chi connectivity index (χ0n) is 10.1. The third-order valence-corrected chi connectivity index (χ3v) is 2.99. The van der Waals surface area contributed by atoms with E-state index in [-0.39, 0.29) is 24.3 Å². The van der Waals surface area contributed by atoms with Crippen LogP contribution in [0.3, 0.4) is 0 Å². The smallest absolute Gasteiger partial charge is 0.338 e. The van der Waals surface area contributed by atoms with Crippen molar-refractivity contribution in [3.8, 4) is 0 Å². The molecule has 0 aliphatic carbocycles. The molecule has 92 valence electrons. The van der Waals surface area contributed by atoms with E-state index in [0.29, 0.717) is 6.42 Å². The van der Waals surface area contributed by atoms with Crippen LogP contribution >= 0.6 is 0 Å². The first-order valence-electron chi connectivity index (χ1n) is 5.57. The SMILES string of the molecule is CC[C@@H]1OC(=O)[C@@H]2OC(C)(C)O[C@@H]2[C@H]1OC. The molecule has 2 saturated heterocycles. The van der Waals surface area contributed by atoms with Crippen LogP contribution in [0.2, 0.25) is 0 Å². The zero-order valence-corrected chi connectivity index (χ0v) is 10.1. The number of carbonyl (C=O) groups excluding carboxylic acids is 1. The fourth-order valence-electron chi connectivity index (χ4n) is 2.31. The number of cyclic esters (lactones) is 1. The Balaban J connectivity index is 2.22. The van der Waals surface area contributed by atoms with Gasteiger partial charge in [-0.2, -0.15) is 0 Å². The van der Waals surface area contributed by atoms with E-state index in [1.165, 1.54) is 0 Å². The van der Waals surface area contributed by atoms with Crippen LogP contribution in [-0.4, -0.2) is 43.3 Å². The van der Waals surface area contributed by atoms with Gasteiger partial charge in [0.2, 0.25) is 0 Å². The van der Waals surface area contributed by atoms with Crippen LogP contribution in [0.1, 0.15) is 27.2 Å². The third-order valence-electron chi connectivity index (χ3n) is 2.99. The van der Waals surface area contributed by atoms with Gasteiger partial charge in [-0.1, -0.05) is 6.92 Å². The largest absolute Gasteiger partial charge is 0.458 e. The van der Waals surface area contributed by atoms with Crippen LogP contribution in [0.4, 0.5) is 0 Å². The molecule has 0 amide bonds. The molecular weight excluding hydrogens is 212 g/mol. The van der Waals surface area contributed by atoms with Crippen molar-refractivity contribution < 1.29 is 23.7 Å². The topological polar surface area (TPSA) is 54.0 Å². The molecule has 4 atom stereocenters. The van der Waals surface area contributed by atoms with Crippen LogP contribution in [0.15, 0.2) is 0 Å². The van der Waals surface area contributed by atoms with Crippen LogP contribution in [0.5, 0.6) is 0 Å². The molecule has 0 radical (unpaired) electrons. The Hall–Kier alpha value is -0.650. The first-order chi connectivity index (χ1) is 7.48. The predicted octanol–water partition coefficient (Wildman–Crippen LogP) is 0.857. The summed E-state index contributed by atoms with van der Waals surface area (Å²) in [5.74, 6) is -1.11. The summed E-state index contributed by atoms with van der Waals surface area (Å²) in [6.07, 6.45) is -0.836. The maximum Gasteiger partial charge on any atom is 0.338 e. The van der Waals surface area contributed by atoms with E-state index in [1.807, 2.05) is 6.92 Å². The molecule has 0 aromatic rings. The Morgan fingerprint density at radius 2 is 2.06 bits per heavy atom. The average molecular weight is 230 g/mol. The summed E-state index contributed by atoms with van der Waals surface area (Å²) in [6.45, 7) is 5.52. The van der Waals surface area contributed by atoms with Gasteiger partial charge in [0.1, 0.15) is 18.3 Å². The Morgan fingerprint density at radius 1 is 1.38 bits per heavy atom. The van der Waals surface area contributed by atoms with E-state index < -0.39 is 11.9 Å². The van der Waals surface area contributed by atoms with Crippen molar-refractivity contribution in [1.29, 1.82) is 0 Å². The molecule has 2 rings (SSSR count). The van der Waals surface area contributed by atoms with Crippen molar-refractivity contribution in [3.05, 3.63) is 0 Å². The molecule has 16 heavy (non-hydrogen) atoms. The maximum absolute atomic E-state index is 11.7. The van der Waals surface area contributed by atoms with E-state index in [0.717, 1.165) is 0 Å². The molecule has 0 saturated carbocycles. The monoisotopic (exact) mass is 230 g/mol. The minimum absolute atomic E-state index is 0.253. The zero-order chi connectivity index (χ0) is 11.9. The van der Waals surface area contributed by atoms with E-state index in [4.69, 9.17) is 18.9 Å². The highest BCUT2D eigenvalue weighted by Crippen LogP contribution is 2.36. The molecule has 2 aliphatic heterocycles. The number of fused-ring (bicyclic) bond motifs is 1. The standard InChI is InChI=1S/C11H18O5/c1-5-6-7(13-4)8-9(10(12)14-6)16-11(2,3)15-8/h6-9H,5H2,1-4H3/t6-,7-,8+,9+/m0/s1. The molecule has 0 aromatic heterocycles. The summed E-state index contributed by atoms with van der Waals surface area (Å²) in [7, 11) is 1.60. The summed E-state index contributed by atoms with van der Waals surface area (Å²) in [5, 5.41) is 0. The van der Waals surface area contributed by atoms with Crippen LogP contribution in [0, 0.1) is 0 Å². The van der Waals surface area contributed by atoms with Gasteiger partial charge < -0.3 is 18.9 Å². The van der Waals surface area contributed by atoms with Gasteiger partial charge in [-0.15, -0.1) is 0 Å². The highest BCUT2D eigenvalue weighted by molar-refractivity contribution is 5.77. The molecule has 5 heteroatoms. The lowest BCUT2D eigenvalue weighted by molar-refractivity contribution is -0.189. The molecular formula is C11H18O5. The van der Waals surface area contributed by atoms with Crippen molar-refractivity contribution in [3.63, 3.8) is 0 Å². The molecule has 0 spiro atoms. The number of ether oxygens (including phenoxy) is 4. The van der Waals surface area contributed by atoms with E-state index in [1.54, 1.807) is 21.0 Å². The second kappa shape index (κ2) is 3.98. The lowest BCUT2D eigenvalue weighted by Crippen LogP contribution is -2.54. The highest BCUT2D eigenvalue weighted by Gasteiger charge is 2.55. The lowest BCUT2D eigenvalue weighted by atomic mass is 9.98. The van der Waals surface area contributed by atoms with E-state index in [2.05, 4.69) is 0 Å². The van der Waals surface area contributed by atoms with Crippen molar-refractivity contribution in [2.75, 3.05) is 7.11 Å². The second-order valence-electron chi connectivity index (χ2n) is 4.60. The van der Waals surface area contributed by atoms with Gasteiger partial charge in [0.25, 0.3) is 0 Å². The molecule has 2 aliphatic rings. The summed E-state index contributed by atoms with van der Waals surface area (Å²) >= 11 is 0. The number of methoxy groups -OCH3 is 1. The molecule has 5 nitrogen and oxygen atoms in total. The predicted molar refractivity (Wildman–Crippen MR) is 54.8 cm³/mol. The fraction of sp³-hybridized carbons (Fsp3) is 0.909. The first-order valence-corrected chi connectivity index (χ1v) is 5.57. The van der Waals surface area contributed by atoms with Gasteiger partial charge in [0.05, 0.1) is 0 Å². The second-order valence-corrected chi connectivity index (χ2v) is 4.60. The van der Waals surface area contributed by atoms with Crippen molar-refractivity contribution in [2.24, 2.45) is 0 Å². The van der Waals surface area contributed by atoms with Gasteiger partial charge in [0, 0.05) is 7.11 Å². The van der Waals surface area contributed by atoms with Crippen LogP contribution in [0.25, 0.3) is 0 Å². The Kier molecular flexibility index (Phi) is 2.94. The minimum atomic E-state index is -0.756. The molecule has 0 aromatic carbocycles. The Bertz CT molecular complexity index is 288. The summed E-state index contributed by atoms with van der Waals surface area (Å²) in [4.78, 5) is 11.7.